The van der Waals surface area contributed by atoms with Crippen LogP contribution in [0.15, 0.2) is 127 Å². The number of pyridine rings is 3. The van der Waals surface area contributed by atoms with Gasteiger partial charge < -0.3 is 18.8 Å². The highest BCUT2D eigenvalue weighted by atomic mass is 31.2. The van der Waals surface area contributed by atoms with Gasteiger partial charge in [-0.1, -0.05) is 54.6 Å². The second kappa shape index (κ2) is 12.5. The van der Waals surface area contributed by atoms with Gasteiger partial charge in [0.2, 0.25) is 7.14 Å². The normalized spacial score (nSPS) is 11.2. The molecule has 0 amide bonds. The molecule has 0 aliphatic carbocycles. The zero-order valence-electron chi connectivity index (χ0n) is 24.5. The molecule has 0 saturated carbocycles. The fourth-order valence-corrected chi connectivity index (χ4v) is 7.50. The van der Waals surface area contributed by atoms with E-state index in [-0.39, 0.29) is 0 Å². The van der Waals surface area contributed by atoms with Crippen LogP contribution in [-0.4, -0.2) is 36.3 Å². The zero-order chi connectivity index (χ0) is 30.5. The Kier molecular flexibility index (Phi) is 8.22. The molecule has 0 fully saturated rings. The van der Waals surface area contributed by atoms with Gasteiger partial charge in [0.15, 0.2) is 0 Å². The molecule has 0 aliphatic rings. The average molecular weight is 600 g/mol. The van der Waals surface area contributed by atoms with Crippen LogP contribution in [0.3, 0.4) is 0 Å². The number of rotatable bonds is 9. The summed E-state index contributed by atoms with van der Waals surface area (Å²) in [4.78, 5) is 14.9. The second-order valence-electron chi connectivity index (χ2n) is 9.85. The first-order valence-electron chi connectivity index (χ1n) is 14.0. The average Bonchev–Trinajstić information content (AvgIpc) is 3.11. The number of aromatic nitrogens is 3. The van der Waals surface area contributed by atoms with Gasteiger partial charge in [0.05, 0.1) is 38.4 Å². The standard InChI is InChI=1S/C36H30N3O4P/c1-41-31-19-7-4-13-25(31)28-16-10-22-34(37-28)44(40,35-23-11-17-29(38-35)26-14-5-8-20-32(26)42-2)36-24-12-18-30(39-36)27-15-6-9-21-33(27)43-3/h4-24H,1-3H3. The Hall–Kier alpha value is -5.26. The van der Waals surface area contributed by atoms with Crippen LogP contribution in [0.25, 0.3) is 33.8 Å². The highest BCUT2D eigenvalue weighted by molar-refractivity contribution is 7.84. The van der Waals surface area contributed by atoms with Crippen LogP contribution >= 0.6 is 7.14 Å². The lowest BCUT2D eigenvalue weighted by Crippen LogP contribution is -2.31. The molecule has 0 saturated heterocycles. The molecule has 7 nitrogen and oxygen atoms in total. The van der Waals surface area contributed by atoms with Crippen LogP contribution in [0.5, 0.6) is 17.2 Å². The number of ether oxygens (including phenoxy) is 3. The van der Waals surface area contributed by atoms with E-state index in [1.54, 1.807) is 39.5 Å². The molecule has 0 spiro atoms. The topological polar surface area (TPSA) is 83.4 Å². The zero-order valence-corrected chi connectivity index (χ0v) is 25.4. The fraction of sp³-hybridized carbons (Fsp3) is 0.0833. The minimum absolute atomic E-state index is 0.357. The number of para-hydroxylation sites is 3. The highest BCUT2D eigenvalue weighted by Gasteiger charge is 2.35. The lowest BCUT2D eigenvalue weighted by Gasteiger charge is -2.20. The van der Waals surface area contributed by atoms with E-state index in [1.807, 2.05) is 109 Å². The third-order valence-electron chi connectivity index (χ3n) is 7.32. The van der Waals surface area contributed by atoms with Crippen molar-refractivity contribution in [3.05, 3.63) is 127 Å². The summed E-state index contributed by atoms with van der Waals surface area (Å²) >= 11 is 0. The van der Waals surface area contributed by atoms with Gasteiger partial charge in [-0.25, -0.2) is 15.0 Å². The van der Waals surface area contributed by atoms with E-state index < -0.39 is 7.14 Å². The number of nitrogens with zero attached hydrogens (tertiary/aromatic N) is 3. The summed E-state index contributed by atoms with van der Waals surface area (Å²) in [5, 5.41) is 0. The third-order valence-corrected chi connectivity index (χ3v) is 10.0. The van der Waals surface area contributed by atoms with E-state index in [9.17, 15) is 0 Å². The smallest absolute Gasteiger partial charge is 0.223 e. The van der Waals surface area contributed by atoms with Crippen LogP contribution in [0.4, 0.5) is 0 Å². The molecule has 0 N–H and O–H groups in total. The van der Waals surface area contributed by atoms with E-state index in [0.29, 0.717) is 50.6 Å². The molecular formula is C36H30N3O4P. The van der Waals surface area contributed by atoms with Crippen LogP contribution < -0.4 is 30.5 Å². The molecule has 0 unspecified atom stereocenters. The van der Waals surface area contributed by atoms with Gasteiger partial charge >= 0.3 is 0 Å². The maximum Gasteiger partial charge on any atom is 0.223 e. The first-order valence-corrected chi connectivity index (χ1v) is 15.7. The van der Waals surface area contributed by atoms with Gasteiger partial charge in [0.1, 0.15) is 33.6 Å². The molecule has 0 aliphatic heterocycles. The molecule has 44 heavy (non-hydrogen) atoms. The van der Waals surface area contributed by atoms with Crippen molar-refractivity contribution >= 4 is 23.4 Å². The fourth-order valence-electron chi connectivity index (χ4n) is 5.17. The van der Waals surface area contributed by atoms with Crippen molar-refractivity contribution < 1.29 is 18.8 Å². The van der Waals surface area contributed by atoms with Crippen molar-refractivity contribution in [3.8, 4) is 51.0 Å². The molecular weight excluding hydrogens is 569 g/mol. The summed E-state index contributed by atoms with van der Waals surface area (Å²) in [5.41, 5.74) is 5.31. The molecule has 3 aromatic heterocycles. The van der Waals surface area contributed by atoms with E-state index >= 15 is 4.57 Å². The molecule has 3 aromatic carbocycles. The monoisotopic (exact) mass is 599 g/mol. The van der Waals surface area contributed by atoms with Crippen molar-refractivity contribution in [3.63, 3.8) is 0 Å². The van der Waals surface area contributed by atoms with Gasteiger partial charge in [0, 0.05) is 16.7 Å². The molecule has 6 aromatic rings. The van der Waals surface area contributed by atoms with Gasteiger partial charge in [-0.3, -0.25) is 0 Å². The first-order chi connectivity index (χ1) is 21.6. The van der Waals surface area contributed by atoms with Crippen LogP contribution in [0.1, 0.15) is 0 Å². The van der Waals surface area contributed by atoms with Crippen molar-refractivity contribution in [1.82, 2.24) is 15.0 Å². The van der Waals surface area contributed by atoms with Gasteiger partial charge in [-0.05, 0) is 72.8 Å². The molecule has 0 bridgehead atoms. The lowest BCUT2D eigenvalue weighted by atomic mass is 10.1. The minimum Gasteiger partial charge on any atom is -0.496 e. The third kappa shape index (κ3) is 5.34. The molecule has 0 radical (unpaired) electrons. The Bertz CT molecular complexity index is 1770. The summed E-state index contributed by atoms with van der Waals surface area (Å²) in [6.45, 7) is 0. The maximum atomic E-state index is 15.8. The van der Waals surface area contributed by atoms with Crippen LogP contribution in [0, 0.1) is 0 Å². The summed E-state index contributed by atoms with van der Waals surface area (Å²) < 4.78 is 32.6. The van der Waals surface area contributed by atoms with E-state index in [0.717, 1.165) is 16.7 Å². The number of methoxy groups -OCH3 is 3. The van der Waals surface area contributed by atoms with Crippen LogP contribution in [-0.2, 0) is 4.57 Å². The largest absolute Gasteiger partial charge is 0.496 e. The highest BCUT2D eigenvalue weighted by Crippen LogP contribution is 2.43. The van der Waals surface area contributed by atoms with E-state index in [4.69, 9.17) is 29.2 Å². The number of hydrogen-bond donors (Lipinski definition) is 0. The Balaban J connectivity index is 1.59. The Morgan fingerprint density at radius 1 is 0.409 bits per heavy atom. The Morgan fingerprint density at radius 2 is 0.705 bits per heavy atom. The number of hydrogen-bond acceptors (Lipinski definition) is 7. The van der Waals surface area contributed by atoms with Gasteiger partial charge in [-0.15, -0.1) is 0 Å². The van der Waals surface area contributed by atoms with Crippen LogP contribution in [0.2, 0.25) is 0 Å². The first kappa shape index (κ1) is 28.8. The van der Waals surface area contributed by atoms with Gasteiger partial charge in [-0.2, -0.15) is 0 Å². The minimum atomic E-state index is -3.75. The van der Waals surface area contributed by atoms with Crippen molar-refractivity contribution in [2.45, 2.75) is 0 Å². The lowest BCUT2D eigenvalue weighted by molar-refractivity contribution is 0.416. The van der Waals surface area contributed by atoms with Gasteiger partial charge in [0.25, 0.3) is 0 Å². The molecule has 8 heteroatoms. The van der Waals surface area contributed by atoms with Crippen molar-refractivity contribution in [2.24, 2.45) is 0 Å². The number of benzene rings is 3. The molecule has 6 rings (SSSR count). The maximum absolute atomic E-state index is 15.8. The molecule has 218 valence electrons. The Labute approximate surface area is 256 Å². The van der Waals surface area contributed by atoms with E-state index in [1.165, 1.54) is 0 Å². The Morgan fingerprint density at radius 3 is 1.00 bits per heavy atom. The quantitative estimate of drug-likeness (QED) is 0.175. The predicted octanol–water partition coefficient (Wildman–Crippen LogP) is 6.54. The summed E-state index contributed by atoms with van der Waals surface area (Å²) in [6.07, 6.45) is 0. The van der Waals surface area contributed by atoms with E-state index in [2.05, 4.69) is 0 Å². The second-order valence-corrected chi connectivity index (χ2v) is 12.4. The summed E-state index contributed by atoms with van der Waals surface area (Å²) in [6, 6.07) is 39.4. The predicted molar refractivity (Wildman–Crippen MR) is 175 cm³/mol. The SMILES string of the molecule is COc1ccccc1-c1cccc(P(=O)(c2cccc(-c3ccccc3OC)n2)c2cccc(-c3ccccc3OC)n2)n1. The molecule has 0 atom stereocenters. The molecule has 3 heterocycles. The summed E-state index contributed by atoms with van der Waals surface area (Å²) in [7, 11) is 1.11. The van der Waals surface area contributed by atoms with Crippen molar-refractivity contribution in [1.29, 1.82) is 0 Å². The van der Waals surface area contributed by atoms with Crippen molar-refractivity contribution in [2.75, 3.05) is 21.3 Å². The summed E-state index contributed by atoms with van der Waals surface area (Å²) in [5.74, 6) is 2.00.